The first-order valence-corrected chi connectivity index (χ1v) is 10.9. The summed E-state index contributed by atoms with van der Waals surface area (Å²) in [4.78, 5) is 22.0. The van der Waals surface area contributed by atoms with Crippen LogP contribution < -0.4 is 24.5 Å². The Labute approximate surface area is 192 Å². The number of benzene rings is 2. The van der Waals surface area contributed by atoms with Crippen LogP contribution in [0.15, 0.2) is 41.2 Å². The highest BCUT2D eigenvalue weighted by molar-refractivity contribution is 5.81. The maximum absolute atomic E-state index is 12.6. The summed E-state index contributed by atoms with van der Waals surface area (Å²) in [5.74, 6) is 2.90. The number of aromatic nitrogens is 2. The van der Waals surface area contributed by atoms with Crippen LogP contribution in [0.25, 0.3) is 10.9 Å². The second-order valence-electron chi connectivity index (χ2n) is 7.43. The van der Waals surface area contributed by atoms with Crippen LogP contribution >= 0.6 is 0 Å². The van der Waals surface area contributed by atoms with Crippen LogP contribution in [-0.4, -0.2) is 66.6 Å². The van der Waals surface area contributed by atoms with Gasteiger partial charge in [-0.25, -0.2) is 4.98 Å². The van der Waals surface area contributed by atoms with E-state index in [4.69, 9.17) is 18.9 Å². The van der Waals surface area contributed by atoms with Crippen LogP contribution in [0.5, 0.6) is 23.0 Å². The molecule has 0 aliphatic heterocycles. The largest absolute Gasteiger partial charge is 0.494 e. The molecule has 0 aliphatic rings. The summed E-state index contributed by atoms with van der Waals surface area (Å²) in [5, 5.41) is 10.9. The molecule has 178 valence electrons. The monoisotopic (exact) mass is 457 g/mol. The Hall–Kier alpha value is -3.30. The van der Waals surface area contributed by atoms with Gasteiger partial charge in [-0.15, -0.1) is 0 Å². The van der Waals surface area contributed by atoms with Crippen molar-refractivity contribution in [3.63, 3.8) is 0 Å². The van der Waals surface area contributed by atoms with Gasteiger partial charge in [-0.1, -0.05) is 6.92 Å². The molecule has 1 aromatic heterocycles. The lowest BCUT2D eigenvalue weighted by molar-refractivity contribution is 0.0666. The van der Waals surface area contributed by atoms with Gasteiger partial charge in [-0.3, -0.25) is 9.69 Å². The van der Waals surface area contributed by atoms with Gasteiger partial charge < -0.3 is 29.0 Å². The fourth-order valence-corrected chi connectivity index (χ4v) is 3.45. The second-order valence-corrected chi connectivity index (χ2v) is 7.43. The lowest BCUT2D eigenvalue weighted by Gasteiger charge is -2.23. The van der Waals surface area contributed by atoms with Crippen molar-refractivity contribution in [1.29, 1.82) is 0 Å². The molecule has 2 N–H and O–H groups in total. The Morgan fingerprint density at radius 3 is 2.27 bits per heavy atom. The van der Waals surface area contributed by atoms with E-state index < -0.39 is 6.10 Å². The molecule has 0 unspecified atom stereocenters. The van der Waals surface area contributed by atoms with Crippen LogP contribution in [0.1, 0.15) is 19.7 Å². The van der Waals surface area contributed by atoms with Crippen molar-refractivity contribution >= 4 is 10.9 Å². The van der Waals surface area contributed by atoms with Crippen LogP contribution in [0.4, 0.5) is 0 Å². The molecule has 3 rings (SSSR count). The Morgan fingerprint density at radius 2 is 1.67 bits per heavy atom. The summed E-state index contributed by atoms with van der Waals surface area (Å²) < 4.78 is 21.7. The zero-order chi connectivity index (χ0) is 23.8. The van der Waals surface area contributed by atoms with E-state index in [1.54, 1.807) is 12.1 Å². The molecule has 9 heteroatoms. The van der Waals surface area contributed by atoms with E-state index in [1.807, 2.05) is 43.0 Å². The van der Waals surface area contributed by atoms with Gasteiger partial charge in [-0.05, 0) is 43.8 Å². The van der Waals surface area contributed by atoms with E-state index in [0.29, 0.717) is 60.2 Å². The molecule has 0 saturated carbocycles. The first-order chi connectivity index (χ1) is 16.0. The smallest absolute Gasteiger partial charge is 0.258 e. The molecule has 0 fully saturated rings. The second kappa shape index (κ2) is 11.5. The van der Waals surface area contributed by atoms with Crippen molar-refractivity contribution in [2.75, 3.05) is 40.5 Å². The van der Waals surface area contributed by atoms with Gasteiger partial charge in [0.2, 0.25) is 0 Å². The van der Waals surface area contributed by atoms with Crippen molar-refractivity contribution in [1.82, 2.24) is 14.9 Å². The molecule has 1 heterocycles. The van der Waals surface area contributed by atoms with Crippen molar-refractivity contribution in [2.45, 2.75) is 26.5 Å². The number of fused-ring (bicyclic) bond motifs is 1. The fraction of sp³-hybridized carbons (Fsp3) is 0.417. The quantitative estimate of drug-likeness (QED) is 0.428. The Morgan fingerprint density at radius 1 is 1.03 bits per heavy atom. The van der Waals surface area contributed by atoms with Crippen molar-refractivity contribution in [3.05, 3.63) is 52.6 Å². The highest BCUT2D eigenvalue weighted by Crippen LogP contribution is 2.30. The third-order valence-electron chi connectivity index (χ3n) is 5.13. The molecule has 9 nitrogen and oxygen atoms in total. The minimum absolute atomic E-state index is 0.142. The van der Waals surface area contributed by atoms with Gasteiger partial charge in [0.25, 0.3) is 5.56 Å². The molecule has 0 radical (unpaired) electrons. The van der Waals surface area contributed by atoms with Crippen molar-refractivity contribution < 1.29 is 24.1 Å². The van der Waals surface area contributed by atoms with Crippen LogP contribution in [0.3, 0.4) is 0 Å². The number of aliphatic hydroxyl groups is 1. The first kappa shape index (κ1) is 24.3. The molecule has 33 heavy (non-hydrogen) atoms. The van der Waals surface area contributed by atoms with Crippen LogP contribution in [-0.2, 0) is 6.54 Å². The number of aromatic amines is 1. The lowest BCUT2D eigenvalue weighted by atomic mass is 10.2. The third kappa shape index (κ3) is 6.36. The number of hydrogen-bond acceptors (Lipinski definition) is 8. The van der Waals surface area contributed by atoms with Gasteiger partial charge in [-0.2, -0.15) is 0 Å². The topological polar surface area (TPSA) is 106 Å². The predicted octanol–water partition coefficient (Wildman–Crippen LogP) is 2.60. The molecule has 0 spiro atoms. The highest BCUT2D eigenvalue weighted by Gasteiger charge is 2.15. The third-order valence-corrected chi connectivity index (χ3v) is 5.13. The van der Waals surface area contributed by atoms with Gasteiger partial charge in [0, 0.05) is 12.6 Å². The minimum Gasteiger partial charge on any atom is -0.494 e. The Bertz CT molecular complexity index is 1100. The minimum atomic E-state index is -0.715. The normalized spacial score (nSPS) is 12.1. The van der Waals surface area contributed by atoms with Gasteiger partial charge in [0.1, 0.15) is 30.0 Å². The average molecular weight is 458 g/mol. The van der Waals surface area contributed by atoms with Crippen LogP contribution in [0, 0.1) is 0 Å². The number of nitrogens with zero attached hydrogens (tertiary/aromatic N) is 2. The lowest BCUT2D eigenvalue weighted by Crippen LogP contribution is -2.36. The van der Waals surface area contributed by atoms with Gasteiger partial charge in [0.15, 0.2) is 11.5 Å². The molecule has 0 bridgehead atoms. The zero-order valence-corrected chi connectivity index (χ0v) is 19.5. The average Bonchev–Trinajstić information content (AvgIpc) is 2.82. The molecule has 1 atom stereocenters. The summed E-state index contributed by atoms with van der Waals surface area (Å²) in [6.45, 7) is 6.05. The van der Waals surface area contributed by atoms with E-state index in [2.05, 4.69) is 9.97 Å². The SMILES string of the molecule is CCOc1ccc(OC[C@H](O)CN(CC)Cc2nc3cc(OC)c(OC)cc3c(=O)[nH]2)cc1. The standard InChI is InChI=1S/C24H31N3O6/c1-5-27(13-16(28)15-33-18-9-7-17(8-10-18)32-6-2)14-23-25-20-12-22(31-4)21(30-3)11-19(20)24(29)26-23/h7-12,16,28H,5-6,13-15H2,1-4H3,(H,25,26,29)/t16-/m1/s1. The molecular formula is C24H31N3O6. The molecule has 2 aromatic carbocycles. The number of methoxy groups -OCH3 is 2. The molecule has 0 saturated heterocycles. The molecule has 0 aliphatic carbocycles. The van der Waals surface area contributed by atoms with E-state index >= 15 is 0 Å². The summed E-state index contributed by atoms with van der Waals surface area (Å²) in [7, 11) is 3.05. The molecule has 3 aromatic rings. The summed E-state index contributed by atoms with van der Waals surface area (Å²) in [6, 6.07) is 10.6. The predicted molar refractivity (Wildman–Crippen MR) is 126 cm³/mol. The van der Waals surface area contributed by atoms with E-state index in [0.717, 1.165) is 5.75 Å². The number of ether oxygens (including phenoxy) is 4. The summed E-state index contributed by atoms with van der Waals surface area (Å²) in [6.07, 6.45) is -0.715. The molecular weight excluding hydrogens is 426 g/mol. The van der Waals surface area contributed by atoms with Crippen molar-refractivity contribution in [2.24, 2.45) is 0 Å². The van der Waals surface area contributed by atoms with Gasteiger partial charge in [0.05, 0.1) is 38.3 Å². The number of nitrogens with one attached hydrogen (secondary N) is 1. The van der Waals surface area contributed by atoms with Crippen LogP contribution in [0.2, 0.25) is 0 Å². The van der Waals surface area contributed by atoms with E-state index in [-0.39, 0.29) is 12.2 Å². The number of likely N-dealkylation sites (N-methyl/N-ethyl adjacent to an activating group) is 1. The van der Waals surface area contributed by atoms with Crippen molar-refractivity contribution in [3.8, 4) is 23.0 Å². The number of hydrogen-bond donors (Lipinski definition) is 2. The first-order valence-electron chi connectivity index (χ1n) is 10.9. The Balaban J connectivity index is 1.64. The number of H-pyrrole nitrogens is 1. The van der Waals surface area contributed by atoms with E-state index in [1.165, 1.54) is 14.2 Å². The van der Waals surface area contributed by atoms with Gasteiger partial charge >= 0.3 is 0 Å². The number of aliphatic hydroxyl groups excluding tert-OH is 1. The maximum atomic E-state index is 12.6. The van der Waals surface area contributed by atoms with E-state index in [9.17, 15) is 9.90 Å². The summed E-state index contributed by atoms with van der Waals surface area (Å²) in [5.41, 5.74) is 0.258. The highest BCUT2D eigenvalue weighted by atomic mass is 16.5. The maximum Gasteiger partial charge on any atom is 0.258 e. The zero-order valence-electron chi connectivity index (χ0n) is 19.5. The number of rotatable bonds is 12. The fourth-order valence-electron chi connectivity index (χ4n) is 3.45. The molecule has 0 amide bonds. The Kier molecular flexibility index (Phi) is 8.51. The summed E-state index contributed by atoms with van der Waals surface area (Å²) >= 11 is 0.